The summed E-state index contributed by atoms with van der Waals surface area (Å²) in [4.78, 5) is 27.4. The molecule has 0 unspecified atom stereocenters. The van der Waals surface area contributed by atoms with E-state index in [0.717, 1.165) is 22.5 Å². The average molecular weight is 362 g/mol. The first-order valence-electron chi connectivity index (χ1n) is 8.75. The van der Waals surface area contributed by atoms with Crippen LogP contribution in [0.4, 0.5) is 5.69 Å². The van der Waals surface area contributed by atoms with Gasteiger partial charge < -0.3 is 15.2 Å². The van der Waals surface area contributed by atoms with E-state index >= 15 is 0 Å². The van der Waals surface area contributed by atoms with Crippen molar-refractivity contribution in [2.75, 3.05) is 5.32 Å². The zero-order valence-electron chi connectivity index (χ0n) is 15.3. The van der Waals surface area contributed by atoms with Crippen molar-refractivity contribution >= 4 is 17.5 Å². The van der Waals surface area contributed by atoms with E-state index in [1.54, 1.807) is 24.7 Å². The fraction of sp³-hybridized carbons (Fsp3) is 0.190. The molecule has 2 aromatic carbocycles. The van der Waals surface area contributed by atoms with Gasteiger partial charge in [-0.2, -0.15) is 0 Å². The molecule has 0 bridgehead atoms. The molecule has 0 aliphatic heterocycles. The molecule has 0 radical (unpaired) electrons. The summed E-state index contributed by atoms with van der Waals surface area (Å²) in [6.07, 6.45) is 5.66. The smallest absolute Gasteiger partial charge is 0.224 e. The van der Waals surface area contributed by atoms with Gasteiger partial charge in [0.1, 0.15) is 0 Å². The number of amides is 2. The maximum atomic E-state index is 12.3. The maximum Gasteiger partial charge on any atom is 0.224 e. The maximum absolute atomic E-state index is 12.3. The molecule has 138 valence electrons. The molecule has 0 aliphatic rings. The highest BCUT2D eigenvalue weighted by Crippen LogP contribution is 2.16. The van der Waals surface area contributed by atoms with Crippen LogP contribution in [0.2, 0.25) is 0 Å². The number of nitrogens with one attached hydrogen (secondary N) is 2. The van der Waals surface area contributed by atoms with Crippen molar-refractivity contribution in [2.24, 2.45) is 0 Å². The Labute approximate surface area is 158 Å². The van der Waals surface area contributed by atoms with Crippen molar-refractivity contribution in [2.45, 2.75) is 26.3 Å². The Hall–Kier alpha value is -3.41. The number of aromatic nitrogens is 2. The Morgan fingerprint density at radius 2 is 1.78 bits per heavy atom. The van der Waals surface area contributed by atoms with Gasteiger partial charge in [-0.25, -0.2) is 4.98 Å². The molecular formula is C21H22N4O2. The summed E-state index contributed by atoms with van der Waals surface area (Å²) >= 11 is 0. The molecule has 1 aromatic heterocycles. The van der Waals surface area contributed by atoms with E-state index in [0.29, 0.717) is 0 Å². The molecule has 0 saturated carbocycles. The lowest BCUT2D eigenvalue weighted by molar-refractivity contribution is -0.121. The minimum Gasteiger partial charge on any atom is -0.349 e. The van der Waals surface area contributed by atoms with E-state index in [1.165, 1.54) is 6.92 Å². The van der Waals surface area contributed by atoms with Gasteiger partial charge in [0, 0.05) is 30.7 Å². The van der Waals surface area contributed by atoms with Crippen molar-refractivity contribution < 1.29 is 9.59 Å². The third kappa shape index (κ3) is 5.04. The fourth-order valence-electron chi connectivity index (χ4n) is 2.82. The Balaban J connectivity index is 1.56. The second-order valence-corrected chi connectivity index (χ2v) is 6.41. The van der Waals surface area contributed by atoms with E-state index in [4.69, 9.17) is 0 Å². The second kappa shape index (κ2) is 8.31. The number of imidazole rings is 1. The number of carbonyl (C=O) groups excluding carboxylic acids is 2. The van der Waals surface area contributed by atoms with Crippen LogP contribution in [0.1, 0.15) is 31.0 Å². The Bertz CT molecular complexity index is 900. The summed E-state index contributed by atoms with van der Waals surface area (Å²) in [6.45, 7) is 3.43. The standard InChI is InChI=1S/C21H22N4O2/c1-15(18-5-9-20(10-6-18)25-12-11-22-14-25)23-21(27)13-17-3-7-19(8-4-17)24-16(2)26/h3-12,14-15H,13H2,1-2H3,(H,23,27)(H,24,26)/t15-/m0/s1. The van der Waals surface area contributed by atoms with Crippen LogP contribution in [-0.4, -0.2) is 21.4 Å². The summed E-state index contributed by atoms with van der Waals surface area (Å²) < 4.78 is 1.93. The quantitative estimate of drug-likeness (QED) is 0.707. The third-order valence-corrected chi connectivity index (χ3v) is 4.21. The lowest BCUT2D eigenvalue weighted by Crippen LogP contribution is -2.28. The van der Waals surface area contributed by atoms with E-state index in [-0.39, 0.29) is 24.3 Å². The average Bonchev–Trinajstić information content (AvgIpc) is 3.18. The molecule has 6 nitrogen and oxygen atoms in total. The van der Waals surface area contributed by atoms with E-state index in [9.17, 15) is 9.59 Å². The van der Waals surface area contributed by atoms with Crippen molar-refractivity contribution in [3.63, 3.8) is 0 Å². The minimum absolute atomic E-state index is 0.0477. The van der Waals surface area contributed by atoms with Gasteiger partial charge in [-0.05, 0) is 42.3 Å². The number of benzene rings is 2. The number of nitrogens with zero attached hydrogens (tertiary/aromatic N) is 2. The summed E-state index contributed by atoms with van der Waals surface area (Å²) in [5, 5.41) is 5.73. The van der Waals surface area contributed by atoms with Gasteiger partial charge in [-0.1, -0.05) is 24.3 Å². The van der Waals surface area contributed by atoms with Crippen LogP contribution in [0, 0.1) is 0 Å². The van der Waals surface area contributed by atoms with Crippen LogP contribution in [0.25, 0.3) is 5.69 Å². The largest absolute Gasteiger partial charge is 0.349 e. The van der Waals surface area contributed by atoms with Crippen LogP contribution in [0.3, 0.4) is 0 Å². The SMILES string of the molecule is CC(=O)Nc1ccc(CC(=O)N[C@@H](C)c2ccc(-n3ccnc3)cc2)cc1. The van der Waals surface area contributed by atoms with Gasteiger partial charge in [0.15, 0.2) is 0 Å². The fourth-order valence-corrected chi connectivity index (χ4v) is 2.82. The molecule has 0 fully saturated rings. The van der Waals surface area contributed by atoms with Crippen molar-refractivity contribution in [3.05, 3.63) is 78.4 Å². The molecular weight excluding hydrogens is 340 g/mol. The van der Waals surface area contributed by atoms with Gasteiger partial charge in [0.25, 0.3) is 0 Å². The summed E-state index contributed by atoms with van der Waals surface area (Å²) in [6, 6.07) is 15.2. The molecule has 27 heavy (non-hydrogen) atoms. The number of carbonyl (C=O) groups is 2. The van der Waals surface area contributed by atoms with Gasteiger partial charge >= 0.3 is 0 Å². The number of anilines is 1. The molecule has 1 atom stereocenters. The zero-order valence-corrected chi connectivity index (χ0v) is 15.3. The molecule has 0 aliphatic carbocycles. The summed E-state index contributed by atoms with van der Waals surface area (Å²) in [5.74, 6) is -0.165. The predicted molar refractivity (Wildman–Crippen MR) is 105 cm³/mol. The van der Waals surface area contributed by atoms with E-state index in [2.05, 4.69) is 15.6 Å². The van der Waals surface area contributed by atoms with Crippen LogP contribution < -0.4 is 10.6 Å². The first-order chi connectivity index (χ1) is 13.0. The monoisotopic (exact) mass is 362 g/mol. The highest BCUT2D eigenvalue weighted by molar-refractivity contribution is 5.88. The molecule has 1 heterocycles. The lowest BCUT2D eigenvalue weighted by Gasteiger charge is -2.15. The molecule has 2 amide bonds. The van der Waals surface area contributed by atoms with Gasteiger partial charge in [0.2, 0.25) is 11.8 Å². The first kappa shape index (κ1) is 18.4. The van der Waals surface area contributed by atoms with E-state index < -0.39 is 0 Å². The topological polar surface area (TPSA) is 76.0 Å². The normalized spacial score (nSPS) is 11.6. The Morgan fingerprint density at radius 3 is 2.37 bits per heavy atom. The van der Waals surface area contributed by atoms with Crippen molar-refractivity contribution in [3.8, 4) is 5.69 Å². The van der Waals surface area contributed by atoms with Gasteiger partial charge in [-0.15, -0.1) is 0 Å². The minimum atomic E-state index is -0.117. The predicted octanol–water partition coefficient (Wildman–Crippen LogP) is 3.25. The van der Waals surface area contributed by atoms with E-state index in [1.807, 2.05) is 54.1 Å². The Kier molecular flexibility index (Phi) is 5.66. The molecule has 3 aromatic rings. The van der Waals surface area contributed by atoms with Crippen molar-refractivity contribution in [1.29, 1.82) is 0 Å². The highest BCUT2D eigenvalue weighted by Gasteiger charge is 2.10. The number of hydrogen-bond donors (Lipinski definition) is 2. The molecule has 0 spiro atoms. The molecule has 3 rings (SSSR count). The van der Waals surface area contributed by atoms with Crippen LogP contribution >= 0.6 is 0 Å². The van der Waals surface area contributed by atoms with Crippen LogP contribution in [0.5, 0.6) is 0 Å². The van der Waals surface area contributed by atoms with Gasteiger partial charge in [0.05, 0.1) is 18.8 Å². The summed E-state index contributed by atoms with van der Waals surface area (Å²) in [5.41, 5.74) is 3.67. The lowest BCUT2D eigenvalue weighted by atomic mass is 10.1. The van der Waals surface area contributed by atoms with Crippen molar-refractivity contribution in [1.82, 2.24) is 14.9 Å². The van der Waals surface area contributed by atoms with Gasteiger partial charge in [-0.3, -0.25) is 9.59 Å². The zero-order chi connectivity index (χ0) is 19.2. The number of hydrogen-bond acceptors (Lipinski definition) is 3. The Morgan fingerprint density at radius 1 is 1.07 bits per heavy atom. The number of rotatable bonds is 6. The molecule has 0 saturated heterocycles. The first-order valence-corrected chi connectivity index (χ1v) is 8.75. The second-order valence-electron chi connectivity index (χ2n) is 6.41. The summed E-state index contributed by atoms with van der Waals surface area (Å²) in [7, 11) is 0. The third-order valence-electron chi connectivity index (χ3n) is 4.21. The highest BCUT2D eigenvalue weighted by atomic mass is 16.2. The van der Waals surface area contributed by atoms with Crippen LogP contribution in [-0.2, 0) is 16.0 Å². The van der Waals surface area contributed by atoms with Crippen LogP contribution in [0.15, 0.2) is 67.3 Å². The molecule has 6 heteroatoms. The molecule has 2 N–H and O–H groups in total.